The Morgan fingerprint density at radius 3 is 2.57 bits per heavy atom. The molecule has 0 aromatic heterocycles. The first kappa shape index (κ1) is 16.5. The van der Waals surface area contributed by atoms with Crippen LogP contribution >= 0.6 is 0 Å². The lowest BCUT2D eigenvalue weighted by molar-refractivity contribution is -0.118. The van der Waals surface area contributed by atoms with Crippen molar-refractivity contribution in [2.75, 3.05) is 17.2 Å². The molecule has 0 radical (unpaired) electrons. The van der Waals surface area contributed by atoms with E-state index in [0.717, 1.165) is 5.56 Å². The molecule has 23 heavy (non-hydrogen) atoms. The van der Waals surface area contributed by atoms with E-state index >= 15 is 0 Å². The van der Waals surface area contributed by atoms with Gasteiger partial charge >= 0.3 is 0 Å². The summed E-state index contributed by atoms with van der Waals surface area (Å²) in [6, 6.07) is 11.3. The summed E-state index contributed by atoms with van der Waals surface area (Å²) < 4.78 is 19.0. The van der Waals surface area contributed by atoms with Crippen LogP contribution in [-0.4, -0.2) is 18.4 Å². The molecule has 0 fully saturated rings. The molecule has 2 aromatic rings. The molecule has 5 nitrogen and oxygen atoms in total. The Kier molecular flexibility index (Phi) is 5.30. The van der Waals surface area contributed by atoms with Crippen molar-refractivity contribution in [3.63, 3.8) is 0 Å². The number of anilines is 2. The summed E-state index contributed by atoms with van der Waals surface area (Å²) in [4.78, 5) is 22.9. The molecule has 0 bridgehead atoms. The van der Waals surface area contributed by atoms with Gasteiger partial charge in [0.15, 0.2) is 6.61 Å². The number of carbonyl (C=O) groups excluding carboxylic acids is 2. The van der Waals surface area contributed by atoms with Gasteiger partial charge in [0.2, 0.25) is 5.91 Å². The van der Waals surface area contributed by atoms with E-state index in [-0.39, 0.29) is 18.2 Å². The van der Waals surface area contributed by atoms with Gasteiger partial charge in [-0.25, -0.2) is 4.39 Å². The number of hydrogen-bond donors (Lipinski definition) is 2. The predicted octanol–water partition coefficient (Wildman–Crippen LogP) is 3.11. The average molecular weight is 316 g/mol. The maximum atomic E-state index is 13.5. The van der Waals surface area contributed by atoms with Crippen LogP contribution < -0.4 is 15.4 Å². The second kappa shape index (κ2) is 7.40. The fourth-order valence-electron chi connectivity index (χ4n) is 1.95. The molecule has 0 saturated heterocycles. The Balaban J connectivity index is 1.97. The third-order valence-electron chi connectivity index (χ3n) is 3.01. The van der Waals surface area contributed by atoms with E-state index in [1.165, 1.54) is 25.1 Å². The summed E-state index contributed by atoms with van der Waals surface area (Å²) >= 11 is 0. The van der Waals surface area contributed by atoms with Crippen LogP contribution in [0.2, 0.25) is 0 Å². The molecule has 0 spiro atoms. The van der Waals surface area contributed by atoms with Crippen molar-refractivity contribution in [3.8, 4) is 5.75 Å². The first-order valence-electron chi connectivity index (χ1n) is 7.01. The minimum absolute atomic E-state index is 0.00937. The van der Waals surface area contributed by atoms with Crippen molar-refractivity contribution in [3.05, 3.63) is 53.8 Å². The van der Waals surface area contributed by atoms with E-state index in [2.05, 4.69) is 10.6 Å². The van der Waals surface area contributed by atoms with Crippen LogP contribution in [0.4, 0.5) is 15.8 Å². The zero-order valence-corrected chi connectivity index (χ0v) is 12.9. The van der Waals surface area contributed by atoms with Gasteiger partial charge in [0.1, 0.15) is 11.6 Å². The summed E-state index contributed by atoms with van der Waals surface area (Å²) in [6.07, 6.45) is 0. The van der Waals surface area contributed by atoms with Crippen LogP contribution in [0.15, 0.2) is 42.5 Å². The lowest BCUT2D eigenvalue weighted by Crippen LogP contribution is -2.20. The molecule has 2 aromatic carbocycles. The molecule has 0 heterocycles. The highest BCUT2D eigenvalue weighted by atomic mass is 19.1. The maximum Gasteiger partial charge on any atom is 0.262 e. The molecule has 0 aliphatic heterocycles. The zero-order chi connectivity index (χ0) is 16.8. The summed E-state index contributed by atoms with van der Waals surface area (Å²) in [5, 5.41) is 4.95. The lowest BCUT2D eigenvalue weighted by atomic mass is 10.2. The fraction of sp³-hybridized carbons (Fsp3) is 0.176. The largest absolute Gasteiger partial charge is 0.483 e. The van der Waals surface area contributed by atoms with Gasteiger partial charge in [0.05, 0.1) is 5.69 Å². The van der Waals surface area contributed by atoms with Crippen LogP contribution in [0.25, 0.3) is 0 Å². The van der Waals surface area contributed by atoms with Gasteiger partial charge in [0.25, 0.3) is 5.91 Å². The number of rotatable bonds is 5. The zero-order valence-electron chi connectivity index (χ0n) is 12.9. The quantitative estimate of drug-likeness (QED) is 0.890. The molecule has 0 aliphatic rings. The van der Waals surface area contributed by atoms with Crippen LogP contribution in [0, 0.1) is 12.7 Å². The van der Waals surface area contributed by atoms with Gasteiger partial charge in [-0.05, 0) is 36.8 Å². The molecule has 2 amide bonds. The Labute approximate surface area is 133 Å². The molecule has 0 atom stereocenters. The van der Waals surface area contributed by atoms with Crippen molar-refractivity contribution >= 4 is 23.2 Å². The highest BCUT2D eigenvalue weighted by Crippen LogP contribution is 2.20. The van der Waals surface area contributed by atoms with Gasteiger partial charge in [0, 0.05) is 12.6 Å². The normalized spacial score (nSPS) is 10.0. The van der Waals surface area contributed by atoms with E-state index in [9.17, 15) is 14.0 Å². The summed E-state index contributed by atoms with van der Waals surface area (Å²) in [5.41, 5.74) is 1.30. The molecule has 120 valence electrons. The van der Waals surface area contributed by atoms with E-state index in [1.54, 1.807) is 6.07 Å². The number of aryl methyl sites for hydroxylation is 1. The summed E-state index contributed by atoms with van der Waals surface area (Å²) in [5.74, 6) is -0.723. The topological polar surface area (TPSA) is 67.4 Å². The Morgan fingerprint density at radius 2 is 1.87 bits per heavy atom. The van der Waals surface area contributed by atoms with Crippen LogP contribution in [-0.2, 0) is 9.59 Å². The van der Waals surface area contributed by atoms with Crippen molar-refractivity contribution in [1.82, 2.24) is 0 Å². The fourth-order valence-corrected chi connectivity index (χ4v) is 1.95. The van der Waals surface area contributed by atoms with Gasteiger partial charge in [-0.1, -0.05) is 18.2 Å². The van der Waals surface area contributed by atoms with Gasteiger partial charge < -0.3 is 15.4 Å². The number of para-hydroxylation sites is 1. The highest BCUT2D eigenvalue weighted by molar-refractivity contribution is 5.94. The number of benzene rings is 2. The number of halogens is 1. The number of ether oxygens (including phenoxy) is 1. The summed E-state index contributed by atoms with van der Waals surface area (Å²) in [6.45, 7) is 2.99. The number of hydrogen-bond acceptors (Lipinski definition) is 3. The monoisotopic (exact) mass is 316 g/mol. The average Bonchev–Trinajstić information content (AvgIpc) is 2.49. The smallest absolute Gasteiger partial charge is 0.262 e. The molecular weight excluding hydrogens is 299 g/mol. The SMILES string of the molecule is CC(=O)Nc1cc(NC(=O)COc2ccccc2C)ccc1F. The first-order chi connectivity index (χ1) is 11.0. The van der Waals surface area contributed by atoms with Crippen molar-refractivity contribution in [2.24, 2.45) is 0 Å². The molecular formula is C17H17FN2O3. The Morgan fingerprint density at radius 1 is 1.13 bits per heavy atom. The Hall–Kier alpha value is -2.89. The Bertz CT molecular complexity index is 732. The second-order valence-corrected chi connectivity index (χ2v) is 4.98. The maximum absolute atomic E-state index is 13.5. The second-order valence-electron chi connectivity index (χ2n) is 4.98. The van der Waals surface area contributed by atoms with E-state index in [0.29, 0.717) is 11.4 Å². The molecule has 0 aliphatic carbocycles. The van der Waals surface area contributed by atoms with Gasteiger partial charge in [-0.15, -0.1) is 0 Å². The third-order valence-corrected chi connectivity index (χ3v) is 3.01. The number of carbonyl (C=O) groups is 2. The van der Waals surface area contributed by atoms with E-state index in [1.807, 2.05) is 25.1 Å². The van der Waals surface area contributed by atoms with Crippen molar-refractivity contribution < 1.29 is 18.7 Å². The summed E-state index contributed by atoms with van der Waals surface area (Å²) in [7, 11) is 0. The molecule has 2 rings (SSSR count). The van der Waals surface area contributed by atoms with Crippen molar-refractivity contribution in [1.29, 1.82) is 0 Å². The lowest BCUT2D eigenvalue weighted by Gasteiger charge is -2.11. The van der Waals surface area contributed by atoms with E-state index in [4.69, 9.17) is 4.74 Å². The minimum Gasteiger partial charge on any atom is -0.483 e. The molecule has 6 heteroatoms. The van der Waals surface area contributed by atoms with Gasteiger partial charge in [-0.3, -0.25) is 9.59 Å². The van der Waals surface area contributed by atoms with Gasteiger partial charge in [-0.2, -0.15) is 0 Å². The molecule has 2 N–H and O–H groups in total. The van der Waals surface area contributed by atoms with Crippen LogP contribution in [0.5, 0.6) is 5.75 Å². The number of amides is 2. The van der Waals surface area contributed by atoms with Crippen LogP contribution in [0.1, 0.15) is 12.5 Å². The standard InChI is InChI=1S/C17H17FN2O3/c1-11-5-3-4-6-16(11)23-10-17(22)20-13-7-8-14(18)15(9-13)19-12(2)21/h3-9H,10H2,1-2H3,(H,19,21)(H,20,22). The third kappa shape index (κ3) is 4.81. The molecule has 0 unspecified atom stereocenters. The van der Waals surface area contributed by atoms with E-state index < -0.39 is 11.7 Å². The van der Waals surface area contributed by atoms with Crippen LogP contribution in [0.3, 0.4) is 0 Å². The first-order valence-corrected chi connectivity index (χ1v) is 7.01. The predicted molar refractivity (Wildman–Crippen MR) is 86.0 cm³/mol. The molecule has 0 saturated carbocycles. The van der Waals surface area contributed by atoms with Crippen molar-refractivity contribution in [2.45, 2.75) is 13.8 Å². The highest BCUT2D eigenvalue weighted by Gasteiger charge is 2.09. The number of nitrogens with one attached hydrogen (secondary N) is 2. The minimum atomic E-state index is -0.575.